The van der Waals surface area contributed by atoms with Crippen molar-refractivity contribution in [3.63, 3.8) is 0 Å². The number of aryl methyl sites for hydroxylation is 1. The number of furan rings is 1. The van der Waals surface area contributed by atoms with Gasteiger partial charge in [-0.15, -0.1) is 10.2 Å². The van der Waals surface area contributed by atoms with Gasteiger partial charge in [-0.3, -0.25) is 4.57 Å². The molecule has 0 radical (unpaired) electrons. The molecular formula is C22H21N3O2S. The molecule has 4 rings (SSSR count). The summed E-state index contributed by atoms with van der Waals surface area (Å²) in [5.41, 5.74) is 3.52. The van der Waals surface area contributed by atoms with Crippen molar-refractivity contribution in [2.75, 3.05) is 6.61 Å². The Bertz CT molecular complexity index is 1040. The van der Waals surface area contributed by atoms with Gasteiger partial charge in [0.05, 0.1) is 18.6 Å². The average Bonchev–Trinajstić information content (AvgIpc) is 3.38. The van der Waals surface area contributed by atoms with Crippen LogP contribution in [0.1, 0.15) is 18.1 Å². The van der Waals surface area contributed by atoms with Crippen LogP contribution in [0.5, 0.6) is 5.75 Å². The van der Waals surface area contributed by atoms with E-state index in [9.17, 15) is 0 Å². The number of ether oxygens (including phenoxy) is 1. The van der Waals surface area contributed by atoms with Gasteiger partial charge in [0, 0.05) is 5.75 Å². The third-order valence-corrected chi connectivity index (χ3v) is 5.38. The van der Waals surface area contributed by atoms with E-state index in [0.29, 0.717) is 18.2 Å². The van der Waals surface area contributed by atoms with Crippen molar-refractivity contribution in [3.05, 3.63) is 78.1 Å². The molecule has 0 aliphatic heterocycles. The average molecular weight is 391 g/mol. The number of hydrogen-bond donors (Lipinski definition) is 0. The summed E-state index contributed by atoms with van der Waals surface area (Å²) in [6.07, 6.45) is 1.65. The number of benzene rings is 2. The van der Waals surface area contributed by atoms with Gasteiger partial charge in [-0.05, 0) is 61.4 Å². The molecule has 0 bridgehead atoms. The Morgan fingerprint density at radius 2 is 1.82 bits per heavy atom. The first-order valence-corrected chi connectivity index (χ1v) is 10.1. The van der Waals surface area contributed by atoms with E-state index in [-0.39, 0.29) is 0 Å². The third kappa shape index (κ3) is 3.82. The van der Waals surface area contributed by atoms with Gasteiger partial charge in [-0.2, -0.15) is 0 Å². The zero-order valence-electron chi connectivity index (χ0n) is 15.8. The maximum absolute atomic E-state index is 5.58. The first kappa shape index (κ1) is 18.4. The van der Waals surface area contributed by atoms with Crippen molar-refractivity contribution in [3.8, 4) is 23.0 Å². The predicted octanol–water partition coefficient (Wildman–Crippen LogP) is 5.53. The summed E-state index contributed by atoms with van der Waals surface area (Å²) in [4.78, 5) is 0. The Kier molecular flexibility index (Phi) is 5.48. The van der Waals surface area contributed by atoms with Crippen LogP contribution in [0.15, 0.2) is 76.5 Å². The summed E-state index contributed by atoms with van der Waals surface area (Å²) < 4.78 is 13.2. The summed E-state index contributed by atoms with van der Waals surface area (Å²) >= 11 is 1.66. The monoisotopic (exact) mass is 391 g/mol. The quantitative estimate of drug-likeness (QED) is 0.388. The molecule has 0 aliphatic carbocycles. The summed E-state index contributed by atoms with van der Waals surface area (Å²) in [7, 11) is 0. The molecule has 0 amide bonds. The third-order valence-electron chi connectivity index (χ3n) is 4.40. The molecule has 5 nitrogen and oxygen atoms in total. The van der Waals surface area contributed by atoms with E-state index >= 15 is 0 Å². The Balaban J connectivity index is 1.69. The van der Waals surface area contributed by atoms with Crippen LogP contribution in [0.4, 0.5) is 0 Å². The second-order valence-corrected chi connectivity index (χ2v) is 7.20. The lowest BCUT2D eigenvalue weighted by Gasteiger charge is -2.11. The number of hydrogen-bond acceptors (Lipinski definition) is 5. The van der Waals surface area contributed by atoms with Crippen LogP contribution in [0.3, 0.4) is 0 Å². The van der Waals surface area contributed by atoms with E-state index in [1.54, 1.807) is 18.0 Å². The van der Waals surface area contributed by atoms with Crippen molar-refractivity contribution >= 4 is 11.8 Å². The van der Waals surface area contributed by atoms with E-state index in [4.69, 9.17) is 9.15 Å². The van der Waals surface area contributed by atoms with Gasteiger partial charge >= 0.3 is 0 Å². The highest BCUT2D eigenvalue weighted by atomic mass is 32.2. The summed E-state index contributed by atoms with van der Waals surface area (Å²) in [5, 5.41) is 9.65. The maximum Gasteiger partial charge on any atom is 0.205 e. The Labute approximate surface area is 168 Å². The molecule has 6 heteroatoms. The SMILES string of the molecule is CCOc1ccc(-n2c(SCc3ccccc3C)nnc2-c2ccco2)cc1. The van der Waals surface area contributed by atoms with Crippen molar-refractivity contribution in [2.45, 2.75) is 24.8 Å². The number of nitrogens with zero attached hydrogens (tertiary/aromatic N) is 3. The van der Waals surface area contributed by atoms with Crippen LogP contribution in [0.25, 0.3) is 17.3 Å². The van der Waals surface area contributed by atoms with Gasteiger partial charge in [0.2, 0.25) is 5.82 Å². The van der Waals surface area contributed by atoms with Gasteiger partial charge < -0.3 is 9.15 Å². The van der Waals surface area contributed by atoms with Crippen LogP contribution >= 0.6 is 11.8 Å². The van der Waals surface area contributed by atoms with Crippen molar-refractivity contribution in [1.82, 2.24) is 14.8 Å². The van der Waals surface area contributed by atoms with E-state index in [1.807, 2.05) is 47.9 Å². The molecule has 4 aromatic rings. The molecule has 0 fully saturated rings. The van der Waals surface area contributed by atoms with Gasteiger partial charge in [0.15, 0.2) is 10.9 Å². The molecule has 0 saturated carbocycles. The first-order valence-electron chi connectivity index (χ1n) is 9.16. The largest absolute Gasteiger partial charge is 0.494 e. The molecule has 0 spiro atoms. The zero-order valence-corrected chi connectivity index (χ0v) is 16.6. The maximum atomic E-state index is 5.58. The van der Waals surface area contributed by atoms with Crippen LogP contribution in [-0.4, -0.2) is 21.4 Å². The van der Waals surface area contributed by atoms with Gasteiger partial charge in [0.1, 0.15) is 5.75 Å². The van der Waals surface area contributed by atoms with Crippen molar-refractivity contribution in [2.24, 2.45) is 0 Å². The molecule has 0 atom stereocenters. The summed E-state index contributed by atoms with van der Waals surface area (Å²) in [5.74, 6) is 3.03. The summed E-state index contributed by atoms with van der Waals surface area (Å²) in [6, 6.07) is 20.1. The molecule has 0 aliphatic rings. The van der Waals surface area contributed by atoms with E-state index in [0.717, 1.165) is 22.3 Å². The van der Waals surface area contributed by atoms with Crippen LogP contribution in [0, 0.1) is 6.92 Å². The molecule has 0 unspecified atom stereocenters. The molecule has 2 heterocycles. The van der Waals surface area contributed by atoms with Gasteiger partial charge in [0.25, 0.3) is 0 Å². The number of rotatable bonds is 7. The topological polar surface area (TPSA) is 53.1 Å². The molecule has 28 heavy (non-hydrogen) atoms. The molecule has 2 aromatic heterocycles. The Morgan fingerprint density at radius 3 is 2.54 bits per heavy atom. The van der Waals surface area contributed by atoms with E-state index in [2.05, 4.69) is 41.4 Å². The van der Waals surface area contributed by atoms with Crippen LogP contribution in [0.2, 0.25) is 0 Å². The highest BCUT2D eigenvalue weighted by Crippen LogP contribution is 2.31. The second kappa shape index (κ2) is 8.35. The fourth-order valence-corrected chi connectivity index (χ4v) is 3.96. The smallest absolute Gasteiger partial charge is 0.205 e. The summed E-state index contributed by atoms with van der Waals surface area (Å²) in [6.45, 7) is 4.74. The minimum absolute atomic E-state index is 0.640. The second-order valence-electron chi connectivity index (χ2n) is 6.26. The Morgan fingerprint density at radius 1 is 1.00 bits per heavy atom. The van der Waals surface area contributed by atoms with Gasteiger partial charge in [-0.25, -0.2) is 0 Å². The number of thioether (sulfide) groups is 1. The molecule has 0 saturated heterocycles. The highest BCUT2D eigenvalue weighted by Gasteiger charge is 2.18. The lowest BCUT2D eigenvalue weighted by atomic mass is 10.1. The minimum Gasteiger partial charge on any atom is -0.494 e. The normalized spacial score (nSPS) is 10.9. The lowest BCUT2D eigenvalue weighted by Crippen LogP contribution is -2.00. The highest BCUT2D eigenvalue weighted by molar-refractivity contribution is 7.98. The standard InChI is InChI=1S/C22H21N3O2S/c1-3-26-19-12-10-18(11-13-19)25-21(20-9-6-14-27-20)23-24-22(25)28-15-17-8-5-4-7-16(17)2/h4-14H,3,15H2,1-2H3. The lowest BCUT2D eigenvalue weighted by molar-refractivity contribution is 0.340. The molecule has 0 N–H and O–H groups in total. The minimum atomic E-state index is 0.640. The molecule has 2 aromatic carbocycles. The van der Waals surface area contributed by atoms with Gasteiger partial charge in [-0.1, -0.05) is 36.0 Å². The van der Waals surface area contributed by atoms with E-state index < -0.39 is 0 Å². The van der Waals surface area contributed by atoms with Crippen molar-refractivity contribution < 1.29 is 9.15 Å². The fourth-order valence-electron chi connectivity index (χ4n) is 2.93. The predicted molar refractivity (Wildman–Crippen MR) is 111 cm³/mol. The van der Waals surface area contributed by atoms with Crippen LogP contribution < -0.4 is 4.74 Å². The molecule has 142 valence electrons. The fraction of sp³-hybridized carbons (Fsp3) is 0.182. The van der Waals surface area contributed by atoms with Crippen molar-refractivity contribution in [1.29, 1.82) is 0 Å². The van der Waals surface area contributed by atoms with Crippen LogP contribution in [-0.2, 0) is 5.75 Å². The van der Waals surface area contributed by atoms with E-state index in [1.165, 1.54) is 11.1 Å². The zero-order chi connectivity index (χ0) is 19.3. The Hall–Kier alpha value is -2.99. The molecular weight excluding hydrogens is 370 g/mol. The number of aromatic nitrogens is 3. The first-order chi connectivity index (χ1) is 13.8.